The number of aliphatic hydroxyl groups excluding tert-OH is 1. The Morgan fingerprint density at radius 3 is 1.97 bits per heavy atom. The van der Waals surface area contributed by atoms with Gasteiger partial charge in [0.15, 0.2) is 0 Å². The summed E-state index contributed by atoms with van der Waals surface area (Å²) in [7, 11) is 1.77. The first-order valence-electron chi connectivity index (χ1n) is 24.8. The molecule has 8 N–H and O–H groups in total. The van der Waals surface area contributed by atoms with Gasteiger partial charge in [-0.2, -0.15) is 26.3 Å². The molecule has 1 aromatic heterocycles. The number of anilines is 2. The fourth-order valence-corrected chi connectivity index (χ4v) is 8.24. The van der Waals surface area contributed by atoms with Crippen molar-refractivity contribution >= 4 is 52.1 Å². The van der Waals surface area contributed by atoms with Gasteiger partial charge in [-0.05, 0) is 90.8 Å². The highest BCUT2D eigenvalue weighted by molar-refractivity contribution is 5.93. The lowest BCUT2D eigenvalue weighted by molar-refractivity contribution is -0.193. The van der Waals surface area contributed by atoms with Crippen molar-refractivity contribution in [1.82, 2.24) is 20.5 Å². The number of carbonyl (C=O) groups excluding carboxylic acids is 3. The number of hydrogen-bond acceptors (Lipinski definition) is 11. The summed E-state index contributed by atoms with van der Waals surface area (Å²) < 4.78 is 69.2. The van der Waals surface area contributed by atoms with Crippen molar-refractivity contribution < 1.29 is 75.5 Å². The molecule has 7 rings (SSSR count). The summed E-state index contributed by atoms with van der Waals surface area (Å²) in [6, 6.07) is 39.6. The van der Waals surface area contributed by atoms with E-state index in [2.05, 4.69) is 57.0 Å². The number of carboxylic acid groups (broad SMARTS) is 2. The van der Waals surface area contributed by atoms with Gasteiger partial charge in [0.1, 0.15) is 11.9 Å². The number of para-hydroxylation sites is 1. The Kier molecular flexibility index (Phi) is 22.5. The van der Waals surface area contributed by atoms with Crippen LogP contribution in [0.15, 0.2) is 132 Å². The summed E-state index contributed by atoms with van der Waals surface area (Å²) in [6.45, 7) is 4.95. The molecule has 2 heterocycles. The quantitative estimate of drug-likeness (QED) is 0.0377. The van der Waals surface area contributed by atoms with Crippen molar-refractivity contribution in [2.24, 2.45) is 0 Å². The van der Waals surface area contributed by atoms with Crippen LogP contribution in [0.25, 0.3) is 22.0 Å². The van der Waals surface area contributed by atoms with Crippen molar-refractivity contribution in [3.05, 3.63) is 160 Å². The lowest BCUT2D eigenvalue weighted by Crippen LogP contribution is -2.40. The minimum Gasteiger partial charge on any atom is -0.506 e. The van der Waals surface area contributed by atoms with Crippen molar-refractivity contribution in [3.63, 3.8) is 0 Å². The number of aliphatic hydroxyl groups is 1. The van der Waals surface area contributed by atoms with Crippen molar-refractivity contribution in [2.45, 2.75) is 76.1 Å². The van der Waals surface area contributed by atoms with E-state index in [-0.39, 0.29) is 41.7 Å². The van der Waals surface area contributed by atoms with E-state index < -0.39 is 36.5 Å². The summed E-state index contributed by atoms with van der Waals surface area (Å²) in [5.74, 6) is -5.63. The molecule has 1 fully saturated rings. The second kappa shape index (κ2) is 28.9. The lowest BCUT2D eigenvalue weighted by atomic mass is 10.0. The molecule has 1 saturated heterocycles. The van der Waals surface area contributed by atoms with Crippen molar-refractivity contribution in [1.29, 1.82) is 0 Å². The monoisotopic (exact) mass is 1110 g/mol. The third-order valence-corrected chi connectivity index (χ3v) is 12.5. The number of aromatic nitrogens is 1. The van der Waals surface area contributed by atoms with Gasteiger partial charge < -0.3 is 50.6 Å². The molecule has 422 valence electrons. The van der Waals surface area contributed by atoms with Gasteiger partial charge in [0, 0.05) is 74.9 Å². The summed E-state index contributed by atoms with van der Waals surface area (Å²) in [6.07, 6.45) is -8.22. The Bertz CT molecular complexity index is 3020. The number of halogens is 6. The van der Waals surface area contributed by atoms with Gasteiger partial charge in [0.2, 0.25) is 17.4 Å². The van der Waals surface area contributed by atoms with Crippen LogP contribution in [0.3, 0.4) is 0 Å². The molecule has 3 amide bonds. The maximum Gasteiger partial charge on any atom is 0.490 e. The number of carbonyl (C=O) groups is 5. The Hall–Kier alpha value is -8.28. The molecule has 0 radical (unpaired) electrons. The second-order valence-corrected chi connectivity index (χ2v) is 18.4. The maximum absolute atomic E-state index is 13.1. The molecule has 5 aromatic carbocycles. The van der Waals surface area contributed by atoms with Crippen LogP contribution in [0, 0.1) is 0 Å². The van der Waals surface area contributed by atoms with E-state index in [9.17, 15) is 55.7 Å². The molecular formula is C56H60F6N6O11. The number of benzene rings is 5. The van der Waals surface area contributed by atoms with Gasteiger partial charge in [-0.15, -0.1) is 0 Å². The number of aromatic amines is 1. The SMILES string of the molecule is CC(Cc1ccc(CCNC(=O)Cc2ccc(N(C)C(=O)CCN3CCC(OC(=O)Nc4ccccc4-c4ccccc4)CC3)cc2)cc1)NC[C@H](O)c1ccc(O)c2[nH]c(=O)ccc12.O=C(O)C(F)(F)F.O=C(O)C(F)(F)F. The van der Waals surface area contributed by atoms with Gasteiger partial charge in [0.25, 0.3) is 0 Å². The molecule has 1 aliphatic heterocycles. The summed E-state index contributed by atoms with van der Waals surface area (Å²) in [5.41, 5.74) is 7.13. The van der Waals surface area contributed by atoms with Gasteiger partial charge in [-0.25, -0.2) is 14.4 Å². The number of phenols is 1. The number of piperidine rings is 1. The zero-order valence-electron chi connectivity index (χ0n) is 42.9. The van der Waals surface area contributed by atoms with Gasteiger partial charge in [0.05, 0.1) is 23.7 Å². The highest BCUT2D eigenvalue weighted by atomic mass is 19.4. The lowest BCUT2D eigenvalue weighted by Gasteiger charge is -2.31. The molecule has 79 heavy (non-hydrogen) atoms. The third kappa shape index (κ3) is 19.9. The number of aromatic hydroxyl groups is 1. The molecule has 1 aliphatic rings. The molecule has 23 heteroatoms. The molecule has 0 bridgehead atoms. The van der Waals surface area contributed by atoms with Crippen molar-refractivity contribution in [2.75, 3.05) is 50.0 Å². The highest BCUT2D eigenvalue weighted by Gasteiger charge is 2.39. The fraction of sp³-hybridized carbons (Fsp3) is 0.321. The normalized spacial score (nSPS) is 13.6. The average Bonchev–Trinajstić information content (AvgIpc) is 3.44. The first kappa shape index (κ1) is 61.6. The van der Waals surface area contributed by atoms with E-state index in [0.29, 0.717) is 67.5 Å². The molecular weight excluding hydrogens is 1050 g/mol. The molecule has 2 atom stereocenters. The van der Waals surface area contributed by atoms with E-state index >= 15 is 0 Å². The standard InChI is InChI=1S/C52H58N6O7.2C2HF3O2/c1-35(54-34-47(60)43-20-22-46(59)51-44(43)21-23-48(61)56-51)32-37-14-12-36(13-15-37)24-28-53-49(62)33-38-16-18-40(19-17-38)57(2)50(63)27-31-58-29-25-41(26-30-58)65-52(64)55-45-11-7-6-10-42(45)39-8-4-3-5-9-39;2*3-2(4,5)1(6)7/h3-23,35,41,47,54,59-60H,24-34H2,1-2H3,(H,53,62)(H,55,64)(H,56,61);2*(H,6,7)/t35?,47-;;/m0../s1. The Labute approximate surface area is 449 Å². The zero-order chi connectivity index (χ0) is 57.9. The Balaban J connectivity index is 0.000000725. The number of H-pyrrole nitrogens is 1. The van der Waals surface area contributed by atoms with Crippen LogP contribution in [0.4, 0.5) is 42.5 Å². The molecule has 1 unspecified atom stereocenters. The largest absolute Gasteiger partial charge is 0.506 e. The predicted octanol–water partition coefficient (Wildman–Crippen LogP) is 8.39. The number of hydrogen-bond donors (Lipinski definition) is 8. The minimum absolute atomic E-state index is 0.00128. The topological polar surface area (TPSA) is 251 Å². The van der Waals surface area contributed by atoms with Gasteiger partial charge in [-0.1, -0.05) is 91.0 Å². The Morgan fingerprint density at radius 1 is 0.772 bits per heavy atom. The number of nitrogens with zero attached hydrogens (tertiary/aromatic N) is 2. The Morgan fingerprint density at radius 2 is 1.35 bits per heavy atom. The smallest absolute Gasteiger partial charge is 0.490 e. The fourth-order valence-electron chi connectivity index (χ4n) is 8.24. The van der Waals surface area contributed by atoms with Gasteiger partial charge in [-0.3, -0.25) is 19.7 Å². The molecule has 17 nitrogen and oxygen atoms in total. The number of aliphatic carboxylic acids is 2. The van der Waals surface area contributed by atoms with Crippen molar-refractivity contribution in [3.8, 4) is 16.9 Å². The van der Waals surface area contributed by atoms with Crippen LogP contribution < -0.4 is 26.4 Å². The first-order valence-corrected chi connectivity index (χ1v) is 24.8. The zero-order valence-corrected chi connectivity index (χ0v) is 42.9. The molecule has 0 saturated carbocycles. The number of likely N-dealkylation sites (tertiary alicyclic amines) is 1. The highest BCUT2D eigenvalue weighted by Crippen LogP contribution is 2.30. The van der Waals surface area contributed by atoms with E-state index in [4.69, 9.17) is 24.5 Å². The number of ether oxygens (including phenoxy) is 1. The average molecular weight is 1110 g/mol. The van der Waals surface area contributed by atoms with E-state index in [1.807, 2.05) is 78.9 Å². The minimum atomic E-state index is -5.08. The van der Waals surface area contributed by atoms with E-state index in [0.717, 1.165) is 53.0 Å². The molecule has 6 aromatic rings. The van der Waals surface area contributed by atoms with Crippen LogP contribution in [-0.4, -0.2) is 124 Å². The van der Waals surface area contributed by atoms with Crippen LogP contribution in [0.1, 0.15) is 54.5 Å². The van der Waals surface area contributed by atoms with Crippen LogP contribution in [0.2, 0.25) is 0 Å². The van der Waals surface area contributed by atoms with E-state index in [1.54, 1.807) is 24.1 Å². The summed E-state index contributed by atoms with van der Waals surface area (Å²) in [4.78, 5) is 74.8. The molecule has 0 spiro atoms. The van der Waals surface area contributed by atoms with E-state index in [1.165, 1.54) is 12.1 Å². The second-order valence-electron chi connectivity index (χ2n) is 18.4. The maximum atomic E-state index is 13.1. The number of amides is 3. The number of phenolic OH excluding ortho intramolecular Hbond substituents is 1. The van der Waals surface area contributed by atoms with Gasteiger partial charge >= 0.3 is 30.4 Å². The number of alkyl halides is 6. The third-order valence-electron chi connectivity index (χ3n) is 12.5. The van der Waals surface area contributed by atoms with Crippen LogP contribution >= 0.6 is 0 Å². The summed E-state index contributed by atoms with van der Waals surface area (Å²) >= 11 is 0. The number of fused-ring (bicyclic) bond motifs is 1. The van der Waals surface area contributed by atoms with Crippen LogP contribution in [0.5, 0.6) is 5.75 Å². The summed E-state index contributed by atoms with van der Waals surface area (Å²) in [5, 5.41) is 45.2. The number of carboxylic acids is 2. The number of rotatable bonds is 18. The van der Waals surface area contributed by atoms with Crippen LogP contribution in [-0.2, 0) is 43.2 Å². The first-order chi connectivity index (χ1) is 37.4. The molecule has 0 aliphatic carbocycles. The predicted molar refractivity (Wildman–Crippen MR) is 283 cm³/mol. The number of pyridine rings is 1. The number of nitrogens with one attached hydrogen (secondary N) is 4.